The summed E-state index contributed by atoms with van der Waals surface area (Å²) < 4.78 is 4.98. The maximum atomic E-state index is 12.0. The Morgan fingerprint density at radius 2 is 2.15 bits per heavy atom. The van der Waals surface area contributed by atoms with E-state index in [1.165, 1.54) is 7.11 Å². The number of carboxylic acid groups (broad SMARTS) is 1. The lowest BCUT2D eigenvalue weighted by atomic mass is 9.98. The fourth-order valence-electron chi connectivity index (χ4n) is 1.95. The van der Waals surface area contributed by atoms with E-state index in [0.29, 0.717) is 0 Å². The van der Waals surface area contributed by atoms with Gasteiger partial charge in [0.2, 0.25) is 5.91 Å². The zero-order chi connectivity index (χ0) is 15.2. The van der Waals surface area contributed by atoms with Gasteiger partial charge in [-0.2, -0.15) is 0 Å². The Bertz CT molecular complexity index is 473. The lowest BCUT2D eigenvalue weighted by Gasteiger charge is -2.28. The first-order valence-corrected chi connectivity index (χ1v) is 6.28. The highest BCUT2D eigenvalue weighted by Gasteiger charge is 2.29. The summed E-state index contributed by atoms with van der Waals surface area (Å²) in [6.45, 7) is 3.65. The predicted octanol–water partition coefficient (Wildman–Crippen LogP) is 0.929. The molecule has 1 unspecified atom stereocenters. The summed E-state index contributed by atoms with van der Waals surface area (Å²) in [7, 11) is 1.47. The Labute approximate surface area is 118 Å². The lowest BCUT2D eigenvalue weighted by molar-refractivity contribution is -0.139. The van der Waals surface area contributed by atoms with Crippen molar-refractivity contribution in [2.75, 3.05) is 13.7 Å². The SMILES string of the molecule is COCC(C)(CC(=O)O)NC(=O)Cc1ccc(C)nc1. The van der Waals surface area contributed by atoms with Crippen LogP contribution in [0.2, 0.25) is 0 Å². The average Bonchev–Trinajstić information content (AvgIpc) is 2.30. The number of pyridine rings is 1. The summed E-state index contributed by atoms with van der Waals surface area (Å²) >= 11 is 0. The zero-order valence-electron chi connectivity index (χ0n) is 12.0. The van der Waals surface area contributed by atoms with E-state index in [4.69, 9.17) is 9.84 Å². The highest BCUT2D eigenvalue weighted by Crippen LogP contribution is 2.11. The number of carbonyl (C=O) groups excluding carboxylic acids is 1. The van der Waals surface area contributed by atoms with Gasteiger partial charge in [0, 0.05) is 19.0 Å². The van der Waals surface area contributed by atoms with Crippen molar-refractivity contribution < 1.29 is 19.4 Å². The molecule has 1 atom stereocenters. The molecule has 6 nitrogen and oxygen atoms in total. The average molecular weight is 280 g/mol. The third-order valence-corrected chi connectivity index (χ3v) is 2.78. The van der Waals surface area contributed by atoms with Gasteiger partial charge in [0.1, 0.15) is 0 Å². The Morgan fingerprint density at radius 1 is 1.45 bits per heavy atom. The topological polar surface area (TPSA) is 88.5 Å². The number of aryl methyl sites for hydroxylation is 1. The number of nitrogens with one attached hydrogen (secondary N) is 1. The number of rotatable bonds is 7. The fraction of sp³-hybridized carbons (Fsp3) is 0.500. The van der Waals surface area contributed by atoms with E-state index in [0.717, 1.165) is 11.3 Å². The Balaban J connectivity index is 2.66. The van der Waals surface area contributed by atoms with Gasteiger partial charge in [0.25, 0.3) is 0 Å². The molecule has 0 aliphatic heterocycles. The predicted molar refractivity (Wildman–Crippen MR) is 73.4 cm³/mol. The summed E-state index contributed by atoms with van der Waals surface area (Å²) in [6.07, 6.45) is 1.60. The first-order valence-electron chi connectivity index (χ1n) is 6.28. The minimum absolute atomic E-state index is 0.136. The van der Waals surface area contributed by atoms with Crippen LogP contribution in [0.25, 0.3) is 0 Å². The molecule has 1 rings (SSSR count). The first kappa shape index (κ1) is 16.1. The number of methoxy groups -OCH3 is 1. The van der Waals surface area contributed by atoms with E-state index >= 15 is 0 Å². The lowest BCUT2D eigenvalue weighted by Crippen LogP contribution is -2.51. The molecule has 0 aliphatic carbocycles. The number of hydrogen-bond donors (Lipinski definition) is 2. The van der Waals surface area contributed by atoms with E-state index in [9.17, 15) is 9.59 Å². The molecule has 0 saturated heterocycles. The summed E-state index contributed by atoms with van der Waals surface area (Å²) in [5.74, 6) is -1.24. The van der Waals surface area contributed by atoms with E-state index < -0.39 is 11.5 Å². The molecule has 1 amide bonds. The van der Waals surface area contributed by atoms with E-state index in [1.807, 2.05) is 19.1 Å². The van der Waals surface area contributed by atoms with Crippen molar-refractivity contribution in [1.29, 1.82) is 0 Å². The third kappa shape index (κ3) is 5.36. The van der Waals surface area contributed by atoms with Gasteiger partial charge >= 0.3 is 5.97 Å². The van der Waals surface area contributed by atoms with Crippen molar-refractivity contribution in [3.05, 3.63) is 29.6 Å². The molecule has 110 valence electrons. The molecule has 0 spiro atoms. The Hall–Kier alpha value is -1.95. The molecule has 0 radical (unpaired) electrons. The highest BCUT2D eigenvalue weighted by atomic mass is 16.5. The van der Waals surface area contributed by atoms with E-state index in [2.05, 4.69) is 10.3 Å². The maximum Gasteiger partial charge on any atom is 0.305 e. The molecule has 6 heteroatoms. The second-order valence-corrected chi connectivity index (χ2v) is 5.10. The van der Waals surface area contributed by atoms with Gasteiger partial charge in [-0.1, -0.05) is 6.07 Å². The van der Waals surface area contributed by atoms with Crippen molar-refractivity contribution in [3.63, 3.8) is 0 Å². The molecule has 0 aliphatic rings. The molecule has 1 aromatic rings. The first-order chi connectivity index (χ1) is 9.34. The molecule has 0 aromatic carbocycles. The fourth-order valence-corrected chi connectivity index (χ4v) is 1.95. The molecular formula is C14H20N2O4. The number of hydrogen-bond acceptors (Lipinski definition) is 4. The van der Waals surface area contributed by atoms with Gasteiger partial charge in [0.05, 0.1) is 25.0 Å². The van der Waals surface area contributed by atoms with E-state index in [-0.39, 0.29) is 25.4 Å². The Morgan fingerprint density at radius 3 is 2.65 bits per heavy atom. The smallest absolute Gasteiger partial charge is 0.305 e. The summed E-state index contributed by atoms with van der Waals surface area (Å²) in [5.41, 5.74) is 0.739. The monoisotopic (exact) mass is 280 g/mol. The van der Waals surface area contributed by atoms with Crippen molar-refractivity contribution in [1.82, 2.24) is 10.3 Å². The number of ether oxygens (including phenoxy) is 1. The molecule has 1 heterocycles. The minimum atomic E-state index is -0.984. The van der Waals surface area contributed by atoms with Gasteiger partial charge in [-0.25, -0.2) is 0 Å². The van der Waals surface area contributed by atoms with Crippen molar-refractivity contribution in [2.45, 2.75) is 32.2 Å². The molecule has 0 bridgehead atoms. The van der Waals surface area contributed by atoms with Crippen LogP contribution in [0.4, 0.5) is 0 Å². The van der Waals surface area contributed by atoms with Gasteiger partial charge in [0.15, 0.2) is 0 Å². The molecule has 0 fully saturated rings. The third-order valence-electron chi connectivity index (χ3n) is 2.78. The number of nitrogens with zero attached hydrogens (tertiary/aromatic N) is 1. The van der Waals surface area contributed by atoms with Gasteiger partial charge in [-0.05, 0) is 25.5 Å². The van der Waals surface area contributed by atoms with Crippen molar-refractivity contribution >= 4 is 11.9 Å². The maximum absolute atomic E-state index is 12.0. The second kappa shape index (κ2) is 7.00. The summed E-state index contributed by atoms with van der Waals surface area (Å²) in [6, 6.07) is 3.65. The van der Waals surface area contributed by atoms with Gasteiger partial charge < -0.3 is 15.2 Å². The molecule has 1 aromatic heterocycles. The summed E-state index contributed by atoms with van der Waals surface area (Å²) in [4.78, 5) is 26.9. The van der Waals surface area contributed by atoms with Crippen LogP contribution in [0.1, 0.15) is 24.6 Å². The number of carboxylic acids is 1. The van der Waals surface area contributed by atoms with Crippen molar-refractivity contribution in [3.8, 4) is 0 Å². The van der Waals surface area contributed by atoms with Crippen LogP contribution >= 0.6 is 0 Å². The van der Waals surface area contributed by atoms with Crippen LogP contribution in [0, 0.1) is 6.92 Å². The van der Waals surface area contributed by atoms with Crippen LogP contribution in [-0.4, -0.2) is 41.2 Å². The zero-order valence-corrected chi connectivity index (χ0v) is 12.0. The molecule has 0 saturated carbocycles. The number of carbonyl (C=O) groups is 2. The quantitative estimate of drug-likeness (QED) is 0.775. The largest absolute Gasteiger partial charge is 0.481 e. The standard InChI is InChI=1S/C14H20N2O4/c1-10-4-5-11(8-15-10)6-12(17)16-14(2,9-20-3)7-13(18)19/h4-5,8H,6-7,9H2,1-3H3,(H,16,17)(H,18,19). The van der Waals surface area contributed by atoms with Crippen LogP contribution < -0.4 is 5.32 Å². The molecular weight excluding hydrogens is 260 g/mol. The van der Waals surface area contributed by atoms with Crippen LogP contribution in [0.15, 0.2) is 18.3 Å². The normalized spacial score (nSPS) is 13.6. The minimum Gasteiger partial charge on any atom is -0.481 e. The number of aromatic nitrogens is 1. The molecule has 20 heavy (non-hydrogen) atoms. The number of amides is 1. The van der Waals surface area contributed by atoms with Gasteiger partial charge in [-0.3, -0.25) is 14.6 Å². The van der Waals surface area contributed by atoms with Crippen LogP contribution in [0.5, 0.6) is 0 Å². The van der Waals surface area contributed by atoms with Crippen molar-refractivity contribution in [2.24, 2.45) is 0 Å². The Kier molecular flexibility index (Phi) is 5.64. The second-order valence-electron chi connectivity index (χ2n) is 5.10. The van der Waals surface area contributed by atoms with E-state index in [1.54, 1.807) is 13.1 Å². The van der Waals surface area contributed by atoms with Crippen LogP contribution in [0.3, 0.4) is 0 Å². The van der Waals surface area contributed by atoms with Crippen LogP contribution in [-0.2, 0) is 20.7 Å². The van der Waals surface area contributed by atoms with Gasteiger partial charge in [-0.15, -0.1) is 0 Å². The highest BCUT2D eigenvalue weighted by molar-refractivity contribution is 5.80. The summed E-state index contributed by atoms with van der Waals surface area (Å²) in [5, 5.41) is 11.6. The molecule has 2 N–H and O–H groups in total. The number of aliphatic carboxylic acids is 1.